The first-order valence-electron chi connectivity index (χ1n) is 5.62. The molecule has 1 aromatic rings. The molecule has 1 aliphatic rings. The molecular weight excluding hydrogens is 222 g/mol. The molecule has 0 radical (unpaired) electrons. The molecule has 0 saturated carbocycles. The van der Waals surface area contributed by atoms with Gasteiger partial charge in [-0.25, -0.2) is 0 Å². The van der Waals surface area contributed by atoms with Crippen LogP contribution in [0.4, 0.5) is 0 Å². The molecule has 0 bridgehead atoms. The molecule has 4 heteroatoms. The first-order valence-corrected chi connectivity index (χ1v) is 6.50. The summed E-state index contributed by atoms with van der Waals surface area (Å²) in [5, 5.41) is 2.07. The highest BCUT2D eigenvalue weighted by Gasteiger charge is 2.24. The molecule has 1 saturated heterocycles. The van der Waals surface area contributed by atoms with Gasteiger partial charge in [0.2, 0.25) is 0 Å². The summed E-state index contributed by atoms with van der Waals surface area (Å²) >= 11 is 1.73. The number of Topliss-reactive ketones (excluding diaryl/α,β-unsaturated/α-hetero) is 1. The van der Waals surface area contributed by atoms with Crippen molar-refractivity contribution in [2.75, 3.05) is 26.3 Å². The molecular formula is C12H17NO2S. The maximum atomic E-state index is 11.3. The number of hydrogen-bond donors (Lipinski definition) is 0. The third-order valence-corrected chi connectivity index (χ3v) is 3.81. The summed E-state index contributed by atoms with van der Waals surface area (Å²) in [4.78, 5) is 15.0. The molecule has 1 atom stereocenters. The molecule has 0 aromatic carbocycles. The number of ether oxygens (including phenoxy) is 1. The summed E-state index contributed by atoms with van der Waals surface area (Å²) in [6.07, 6.45) is 0.612. The van der Waals surface area contributed by atoms with E-state index in [9.17, 15) is 4.79 Å². The van der Waals surface area contributed by atoms with E-state index < -0.39 is 0 Å². The maximum Gasteiger partial charge on any atom is 0.131 e. The molecule has 1 fully saturated rings. The minimum Gasteiger partial charge on any atom is -0.379 e. The molecule has 16 heavy (non-hydrogen) atoms. The van der Waals surface area contributed by atoms with E-state index in [-0.39, 0.29) is 11.8 Å². The van der Waals surface area contributed by atoms with Crippen molar-refractivity contribution >= 4 is 17.1 Å². The molecule has 1 unspecified atom stereocenters. The van der Waals surface area contributed by atoms with Crippen molar-refractivity contribution in [2.24, 2.45) is 0 Å². The normalized spacial score (nSPS) is 19.6. The van der Waals surface area contributed by atoms with Crippen LogP contribution in [0, 0.1) is 0 Å². The van der Waals surface area contributed by atoms with Gasteiger partial charge in [0.1, 0.15) is 5.78 Å². The van der Waals surface area contributed by atoms with Gasteiger partial charge in [-0.3, -0.25) is 9.69 Å². The Morgan fingerprint density at radius 3 is 2.88 bits per heavy atom. The van der Waals surface area contributed by atoms with Crippen molar-refractivity contribution in [1.29, 1.82) is 0 Å². The van der Waals surface area contributed by atoms with E-state index in [1.165, 1.54) is 4.88 Å². The molecule has 88 valence electrons. The first kappa shape index (κ1) is 11.8. The van der Waals surface area contributed by atoms with E-state index >= 15 is 0 Å². The summed E-state index contributed by atoms with van der Waals surface area (Å²) < 4.78 is 5.35. The Morgan fingerprint density at radius 2 is 2.31 bits per heavy atom. The van der Waals surface area contributed by atoms with Gasteiger partial charge in [-0.1, -0.05) is 6.07 Å². The van der Waals surface area contributed by atoms with Crippen molar-refractivity contribution < 1.29 is 9.53 Å². The lowest BCUT2D eigenvalue weighted by molar-refractivity contribution is -0.118. The summed E-state index contributed by atoms with van der Waals surface area (Å²) in [6.45, 7) is 5.08. The third kappa shape index (κ3) is 2.90. The summed E-state index contributed by atoms with van der Waals surface area (Å²) in [7, 11) is 0. The van der Waals surface area contributed by atoms with Crippen molar-refractivity contribution in [3.63, 3.8) is 0 Å². The molecule has 1 aliphatic heterocycles. The molecule has 3 nitrogen and oxygen atoms in total. The summed E-state index contributed by atoms with van der Waals surface area (Å²) in [5.74, 6) is 0.255. The fourth-order valence-electron chi connectivity index (χ4n) is 2.05. The zero-order valence-corrected chi connectivity index (χ0v) is 10.3. The van der Waals surface area contributed by atoms with E-state index in [4.69, 9.17) is 4.74 Å². The molecule has 2 heterocycles. The predicted octanol–water partition coefficient (Wildman–Crippen LogP) is 2.10. The van der Waals surface area contributed by atoms with Crippen molar-refractivity contribution in [3.05, 3.63) is 22.4 Å². The van der Waals surface area contributed by atoms with E-state index in [1.54, 1.807) is 18.3 Å². The summed E-state index contributed by atoms with van der Waals surface area (Å²) in [6, 6.07) is 4.42. The second kappa shape index (κ2) is 5.57. The van der Waals surface area contributed by atoms with Crippen LogP contribution in [-0.4, -0.2) is 37.0 Å². The van der Waals surface area contributed by atoms with Crippen LogP contribution < -0.4 is 0 Å². The average molecular weight is 239 g/mol. The van der Waals surface area contributed by atoms with Crippen LogP contribution in [0.15, 0.2) is 17.5 Å². The zero-order chi connectivity index (χ0) is 11.4. The standard InChI is InChI=1S/C12H17NO2S/c1-10(14)9-11(12-3-2-8-16-12)13-4-6-15-7-5-13/h2-3,8,11H,4-7,9H2,1H3. The van der Waals surface area contributed by atoms with Crippen LogP contribution >= 0.6 is 11.3 Å². The van der Waals surface area contributed by atoms with Crippen LogP contribution in [0.3, 0.4) is 0 Å². The Kier molecular flexibility index (Phi) is 4.09. The third-order valence-electron chi connectivity index (χ3n) is 2.84. The lowest BCUT2D eigenvalue weighted by Crippen LogP contribution is -2.39. The Bertz CT molecular complexity index is 331. The number of hydrogen-bond acceptors (Lipinski definition) is 4. The average Bonchev–Trinajstić information content (AvgIpc) is 2.80. The second-order valence-corrected chi connectivity index (χ2v) is 5.06. The molecule has 0 amide bonds. The van der Waals surface area contributed by atoms with Crippen LogP contribution in [-0.2, 0) is 9.53 Å². The number of rotatable bonds is 4. The Labute approximate surface area is 100 Å². The Morgan fingerprint density at radius 1 is 1.56 bits per heavy atom. The van der Waals surface area contributed by atoms with Gasteiger partial charge in [-0.2, -0.15) is 0 Å². The molecule has 0 N–H and O–H groups in total. The molecule has 1 aromatic heterocycles. The lowest BCUT2D eigenvalue weighted by atomic mass is 10.1. The van der Waals surface area contributed by atoms with Gasteiger partial charge in [-0.15, -0.1) is 11.3 Å². The Balaban J connectivity index is 2.10. The van der Waals surface area contributed by atoms with Crippen LogP contribution in [0.1, 0.15) is 24.3 Å². The van der Waals surface area contributed by atoms with Crippen LogP contribution in [0.5, 0.6) is 0 Å². The van der Waals surface area contributed by atoms with Gasteiger partial charge >= 0.3 is 0 Å². The van der Waals surface area contributed by atoms with Gasteiger partial charge in [0.15, 0.2) is 0 Å². The predicted molar refractivity (Wildman–Crippen MR) is 64.8 cm³/mol. The number of ketones is 1. The topological polar surface area (TPSA) is 29.5 Å². The SMILES string of the molecule is CC(=O)CC(c1cccs1)N1CCOCC1. The molecule has 0 aliphatic carbocycles. The quantitative estimate of drug-likeness (QED) is 0.806. The zero-order valence-electron chi connectivity index (χ0n) is 9.52. The minimum absolute atomic E-state index is 0.251. The second-order valence-electron chi connectivity index (χ2n) is 4.09. The first-order chi connectivity index (χ1) is 7.77. The maximum absolute atomic E-state index is 11.3. The smallest absolute Gasteiger partial charge is 0.131 e. The Hall–Kier alpha value is -0.710. The van der Waals surface area contributed by atoms with Crippen molar-refractivity contribution in [3.8, 4) is 0 Å². The van der Waals surface area contributed by atoms with Gasteiger partial charge in [0, 0.05) is 24.4 Å². The number of carbonyl (C=O) groups excluding carboxylic acids is 1. The summed E-state index contributed by atoms with van der Waals surface area (Å²) in [5.41, 5.74) is 0. The number of thiophene rings is 1. The number of morpholine rings is 1. The van der Waals surface area contributed by atoms with E-state index in [1.807, 2.05) is 6.07 Å². The van der Waals surface area contributed by atoms with E-state index in [2.05, 4.69) is 16.3 Å². The number of carbonyl (C=O) groups is 1. The van der Waals surface area contributed by atoms with E-state index in [0.717, 1.165) is 26.3 Å². The highest BCUT2D eigenvalue weighted by Crippen LogP contribution is 2.28. The van der Waals surface area contributed by atoms with Crippen molar-refractivity contribution in [1.82, 2.24) is 4.90 Å². The largest absolute Gasteiger partial charge is 0.379 e. The van der Waals surface area contributed by atoms with E-state index in [0.29, 0.717) is 6.42 Å². The molecule has 0 spiro atoms. The highest BCUT2D eigenvalue weighted by atomic mass is 32.1. The van der Waals surface area contributed by atoms with Gasteiger partial charge in [-0.05, 0) is 18.4 Å². The van der Waals surface area contributed by atoms with Gasteiger partial charge < -0.3 is 4.74 Å². The lowest BCUT2D eigenvalue weighted by Gasteiger charge is -2.33. The fourth-order valence-corrected chi connectivity index (χ4v) is 2.91. The van der Waals surface area contributed by atoms with Gasteiger partial charge in [0.05, 0.1) is 19.3 Å². The highest BCUT2D eigenvalue weighted by molar-refractivity contribution is 7.10. The van der Waals surface area contributed by atoms with Crippen LogP contribution in [0.25, 0.3) is 0 Å². The van der Waals surface area contributed by atoms with Crippen LogP contribution in [0.2, 0.25) is 0 Å². The van der Waals surface area contributed by atoms with Gasteiger partial charge in [0.25, 0.3) is 0 Å². The monoisotopic (exact) mass is 239 g/mol. The minimum atomic E-state index is 0.251. The number of nitrogens with zero attached hydrogens (tertiary/aromatic N) is 1. The fraction of sp³-hybridized carbons (Fsp3) is 0.583. The van der Waals surface area contributed by atoms with Crippen molar-refractivity contribution in [2.45, 2.75) is 19.4 Å². The molecule has 2 rings (SSSR count).